The lowest BCUT2D eigenvalue weighted by atomic mass is 10.1. The van der Waals surface area contributed by atoms with Crippen molar-refractivity contribution in [1.82, 2.24) is 10.2 Å². The minimum Gasteiger partial charge on any atom is -0.480 e. The van der Waals surface area contributed by atoms with E-state index in [-0.39, 0.29) is 18.2 Å². The predicted octanol–water partition coefficient (Wildman–Crippen LogP) is -0.556. The van der Waals surface area contributed by atoms with Gasteiger partial charge in [0.15, 0.2) is 0 Å². The Morgan fingerprint density at radius 1 is 1.62 bits per heavy atom. The first-order chi connectivity index (χ1) is 7.45. The molecule has 1 heterocycles. The first kappa shape index (κ1) is 12.5. The van der Waals surface area contributed by atoms with Gasteiger partial charge >= 0.3 is 5.97 Å². The van der Waals surface area contributed by atoms with E-state index < -0.39 is 17.9 Å². The van der Waals surface area contributed by atoms with Crippen molar-refractivity contribution in [2.24, 2.45) is 5.92 Å². The highest BCUT2D eigenvalue weighted by molar-refractivity contribution is 5.91. The van der Waals surface area contributed by atoms with Crippen LogP contribution in [0.2, 0.25) is 0 Å². The average Bonchev–Trinajstić information content (AvgIpc) is 2.59. The van der Waals surface area contributed by atoms with Crippen LogP contribution in [0.15, 0.2) is 0 Å². The maximum atomic E-state index is 11.6. The fourth-order valence-corrected chi connectivity index (χ4v) is 1.65. The molecule has 0 aromatic carbocycles. The van der Waals surface area contributed by atoms with Gasteiger partial charge in [0.05, 0.1) is 5.92 Å². The summed E-state index contributed by atoms with van der Waals surface area (Å²) in [6, 6.07) is -0.918. The van der Waals surface area contributed by atoms with E-state index in [0.717, 1.165) is 0 Å². The van der Waals surface area contributed by atoms with Crippen molar-refractivity contribution < 1.29 is 19.5 Å². The number of rotatable bonds is 4. The first-order valence-electron chi connectivity index (χ1n) is 5.26. The van der Waals surface area contributed by atoms with Crippen LogP contribution >= 0.6 is 0 Å². The van der Waals surface area contributed by atoms with E-state index in [4.69, 9.17) is 5.11 Å². The standard InChI is InChI=1S/C10H16N2O4/c1-3-12-5-7(4-8(12)13)9(14)11-6(2)10(15)16/h6-7H,3-5H2,1-2H3,(H,11,14)(H,15,16). The molecule has 2 atom stereocenters. The molecule has 2 amide bonds. The minimum absolute atomic E-state index is 0.0503. The number of likely N-dealkylation sites (tertiary alicyclic amines) is 1. The number of aliphatic carboxylic acids is 1. The molecule has 0 bridgehead atoms. The zero-order valence-corrected chi connectivity index (χ0v) is 9.40. The van der Waals surface area contributed by atoms with Crippen molar-refractivity contribution in [3.8, 4) is 0 Å². The van der Waals surface area contributed by atoms with Crippen LogP contribution in [0.3, 0.4) is 0 Å². The molecule has 16 heavy (non-hydrogen) atoms. The molecule has 2 unspecified atom stereocenters. The fraction of sp³-hybridized carbons (Fsp3) is 0.700. The smallest absolute Gasteiger partial charge is 0.325 e. The Bertz CT molecular complexity index is 316. The fourth-order valence-electron chi connectivity index (χ4n) is 1.65. The van der Waals surface area contributed by atoms with Crippen LogP contribution in [0.1, 0.15) is 20.3 Å². The number of hydrogen-bond acceptors (Lipinski definition) is 3. The molecule has 0 radical (unpaired) electrons. The number of nitrogens with one attached hydrogen (secondary N) is 1. The normalized spacial score (nSPS) is 22.0. The molecule has 1 fully saturated rings. The molecular weight excluding hydrogens is 212 g/mol. The molecule has 90 valence electrons. The van der Waals surface area contributed by atoms with Gasteiger partial charge in [0.2, 0.25) is 11.8 Å². The Labute approximate surface area is 93.6 Å². The Morgan fingerprint density at radius 3 is 2.69 bits per heavy atom. The summed E-state index contributed by atoms with van der Waals surface area (Å²) in [5.41, 5.74) is 0. The quantitative estimate of drug-likeness (QED) is 0.675. The maximum Gasteiger partial charge on any atom is 0.325 e. The Balaban J connectivity index is 2.51. The molecule has 1 aliphatic heterocycles. The summed E-state index contributed by atoms with van der Waals surface area (Å²) < 4.78 is 0. The molecule has 0 saturated carbocycles. The molecule has 1 rings (SSSR count). The van der Waals surface area contributed by atoms with Gasteiger partial charge in [0, 0.05) is 19.5 Å². The van der Waals surface area contributed by atoms with Crippen LogP contribution in [-0.2, 0) is 14.4 Å². The van der Waals surface area contributed by atoms with Gasteiger partial charge in [0.1, 0.15) is 6.04 Å². The summed E-state index contributed by atoms with van der Waals surface area (Å²) in [5.74, 6) is -1.91. The highest BCUT2D eigenvalue weighted by atomic mass is 16.4. The summed E-state index contributed by atoms with van der Waals surface area (Å²) in [6.45, 7) is 4.21. The summed E-state index contributed by atoms with van der Waals surface area (Å²) in [7, 11) is 0. The van der Waals surface area contributed by atoms with Crippen LogP contribution < -0.4 is 5.32 Å². The lowest BCUT2D eigenvalue weighted by molar-refractivity contribution is -0.141. The third kappa shape index (κ3) is 2.71. The molecule has 1 aliphatic rings. The number of nitrogens with zero attached hydrogens (tertiary/aromatic N) is 1. The molecule has 2 N–H and O–H groups in total. The van der Waals surface area contributed by atoms with Gasteiger partial charge in [-0.2, -0.15) is 0 Å². The van der Waals surface area contributed by atoms with Crippen LogP contribution in [0.4, 0.5) is 0 Å². The third-order valence-corrected chi connectivity index (χ3v) is 2.70. The molecule has 6 heteroatoms. The van der Waals surface area contributed by atoms with Gasteiger partial charge in [-0.05, 0) is 13.8 Å². The van der Waals surface area contributed by atoms with Crippen LogP contribution in [-0.4, -0.2) is 46.9 Å². The number of carbonyl (C=O) groups excluding carboxylic acids is 2. The average molecular weight is 228 g/mol. The van der Waals surface area contributed by atoms with Gasteiger partial charge in [-0.25, -0.2) is 0 Å². The summed E-state index contributed by atoms with van der Waals surface area (Å²) in [6.07, 6.45) is 0.173. The lowest BCUT2D eigenvalue weighted by Crippen LogP contribution is -2.42. The van der Waals surface area contributed by atoms with Gasteiger partial charge in [-0.1, -0.05) is 0 Å². The van der Waals surface area contributed by atoms with E-state index in [0.29, 0.717) is 13.1 Å². The molecule has 0 aliphatic carbocycles. The van der Waals surface area contributed by atoms with Crippen molar-refractivity contribution in [3.05, 3.63) is 0 Å². The first-order valence-corrected chi connectivity index (χ1v) is 5.26. The van der Waals surface area contributed by atoms with E-state index in [9.17, 15) is 14.4 Å². The van der Waals surface area contributed by atoms with Crippen molar-refractivity contribution in [2.45, 2.75) is 26.3 Å². The molecule has 6 nitrogen and oxygen atoms in total. The summed E-state index contributed by atoms with van der Waals surface area (Å²) in [4.78, 5) is 35.1. The summed E-state index contributed by atoms with van der Waals surface area (Å²) >= 11 is 0. The lowest BCUT2D eigenvalue weighted by Gasteiger charge is -2.15. The Hall–Kier alpha value is -1.59. The van der Waals surface area contributed by atoms with Crippen LogP contribution in [0, 0.1) is 5.92 Å². The monoisotopic (exact) mass is 228 g/mol. The number of carboxylic acids is 1. The highest BCUT2D eigenvalue weighted by Crippen LogP contribution is 2.17. The second-order valence-corrected chi connectivity index (χ2v) is 3.90. The van der Waals surface area contributed by atoms with Gasteiger partial charge in [0.25, 0.3) is 0 Å². The maximum absolute atomic E-state index is 11.6. The van der Waals surface area contributed by atoms with Gasteiger partial charge in [-0.15, -0.1) is 0 Å². The second-order valence-electron chi connectivity index (χ2n) is 3.90. The number of amides is 2. The van der Waals surface area contributed by atoms with Crippen molar-refractivity contribution in [1.29, 1.82) is 0 Å². The van der Waals surface area contributed by atoms with Gasteiger partial charge < -0.3 is 15.3 Å². The largest absolute Gasteiger partial charge is 0.480 e. The SMILES string of the molecule is CCN1CC(C(=O)NC(C)C(=O)O)CC1=O. The Morgan fingerprint density at radius 2 is 2.25 bits per heavy atom. The van der Waals surface area contributed by atoms with Crippen LogP contribution in [0.25, 0.3) is 0 Å². The Kier molecular flexibility index (Phi) is 3.87. The van der Waals surface area contributed by atoms with E-state index in [1.54, 1.807) is 4.90 Å². The number of hydrogen-bond donors (Lipinski definition) is 2. The molecular formula is C10H16N2O4. The van der Waals surface area contributed by atoms with E-state index in [1.165, 1.54) is 6.92 Å². The zero-order chi connectivity index (χ0) is 12.3. The third-order valence-electron chi connectivity index (χ3n) is 2.70. The zero-order valence-electron chi connectivity index (χ0n) is 9.40. The molecule has 0 aromatic heterocycles. The van der Waals surface area contributed by atoms with Crippen molar-refractivity contribution in [3.63, 3.8) is 0 Å². The van der Waals surface area contributed by atoms with Gasteiger partial charge in [-0.3, -0.25) is 14.4 Å². The van der Waals surface area contributed by atoms with Crippen molar-refractivity contribution in [2.75, 3.05) is 13.1 Å². The number of carboxylic acid groups (broad SMARTS) is 1. The molecule has 0 spiro atoms. The molecule has 0 aromatic rings. The van der Waals surface area contributed by atoms with E-state index >= 15 is 0 Å². The summed E-state index contributed by atoms with van der Waals surface area (Å²) in [5, 5.41) is 11.0. The second kappa shape index (κ2) is 4.96. The van der Waals surface area contributed by atoms with Crippen molar-refractivity contribution >= 4 is 17.8 Å². The van der Waals surface area contributed by atoms with E-state index in [1.807, 2.05) is 6.92 Å². The minimum atomic E-state index is -1.08. The number of carbonyl (C=O) groups is 3. The predicted molar refractivity (Wildman–Crippen MR) is 55.6 cm³/mol. The molecule has 1 saturated heterocycles. The topological polar surface area (TPSA) is 86.7 Å². The van der Waals surface area contributed by atoms with E-state index in [2.05, 4.69) is 5.32 Å². The highest BCUT2D eigenvalue weighted by Gasteiger charge is 2.34. The van der Waals surface area contributed by atoms with Crippen LogP contribution in [0.5, 0.6) is 0 Å².